The molecule has 5 nitrogen and oxygen atoms in total. The lowest BCUT2D eigenvalue weighted by atomic mass is 9.78. The zero-order chi connectivity index (χ0) is 25.2. The van der Waals surface area contributed by atoms with E-state index in [1.165, 1.54) is 54.0 Å². The third kappa shape index (κ3) is 5.47. The molecule has 0 radical (unpaired) electrons. The molecule has 1 aliphatic carbocycles. The van der Waals surface area contributed by atoms with Crippen molar-refractivity contribution in [2.24, 2.45) is 0 Å². The number of likely N-dealkylation sites (N-methyl/N-ethyl adjacent to an activating group) is 1. The molecule has 1 aromatic heterocycles. The first-order chi connectivity index (χ1) is 18.1. The van der Waals surface area contributed by atoms with Gasteiger partial charge in [0.2, 0.25) is 5.95 Å². The van der Waals surface area contributed by atoms with Gasteiger partial charge < -0.3 is 15.1 Å². The van der Waals surface area contributed by atoms with Gasteiger partial charge in [0.05, 0.1) is 5.69 Å². The summed E-state index contributed by atoms with van der Waals surface area (Å²) < 4.78 is 1.11. The normalized spacial score (nSPS) is 17.7. The first-order valence-corrected chi connectivity index (χ1v) is 13.9. The zero-order valence-corrected chi connectivity index (χ0v) is 22.8. The summed E-state index contributed by atoms with van der Waals surface area (Å²) in [5, 5.41) is 3.43. The van der Waals surface area contributed by atoms with Crippen molar-refractivity contribution in [3.05, 3.63) is 106 Å². The van der Waals surface area contributed by atoms with Crippen LogP contribution in [0.3, 0.4) is 0 Å². The molecule has 6 heteroatoms. The number of nitrogens with one attached hydrogen (secondary N) is 1. The molecular formula is C31H32BrN5. The highest BCUT2D eigenvalue weighted by Crippen LogP contribution is 2.42. The van der Waals surface area contributed by atoms with Crippen LogP contribution >= 0.6 is 15.9 Å². The first-order valence-electron chi connectivity index (χ1n) is 13.1. The average Bonchev–Trinajstić information content (AvgIpc) is 2.93. The largest absolute Gasteiger partial charge is 0.324 e. The molecule has 1 unspecified atom stereocenters. The number of hydrogen-bond donors (Lipinski definition) is 1. The lowest BCUT2D eigenvalue weighted by molar-refractivity contribution is 0.155. The number of piperazine rings is 1. The molecule has 0 amide bonds. The van der Waals surface area contributed by atoms with Gasteiger partial charge in [0, 0.05) is 60.6 Å². The van der Waals surface area contributed by atoms with Gasteiger partial charge in [-0.1, -0.05) is 64.5 Å². The van der Waals surface area contributed by atoms with Crippen molar-refractivity contribution in [2.45, 2.75) is 18.8 Å². The summed E-state index contributed by atoms with van der Waals surface area (Å²) in [6.07, 6.45) is 3.97. The Kier molecular flexibility index (Phi) is 7.05. The Morgan fingerprint density at radius 1 is 0.946 bits per heavy atom. The second-order valence-corrected chi connectivity index (χ2v) is 11.1. The third-order valence-corrected chi connectivity index (χ3v) is 8.15. The Morgan fingerprint density at radius 3 is 2.57 bits per heavy atom. The maximum Gasteiger partial charge on any atom is 0.227 e. The van der Waals surface area contributed by atoms with E-state index in [2.05, 4.69) is 116 Å². The fraction of sp³-hybridized carbons (Fsp3) is 0.290. The second kappa shape index (κ2) is 10.7. The van der Waals surface area contributed by atoms with Crippen LogP contribution in [0.4, 0.5) is 11.6 Å². The number of halogens is 1. The lowest BCUT2D eigenvalue weighted by Gasteiger charge is -2.32. The van der Waals surface area contributed by atoms with E-state index < -0.39 is 0 Å². The van der Waals surface area contributed by atoms with Crippen LogP contribution in [-0.4, -0.2) is 59.5 Å². The Labute approximate surface area is 227 Å². The number of fused-ring (bicyclic) bond motifs is 3. The fourth-order valence-corrected chi connectivity index (χ4v) is 5.88. The number of hydrogen-bond acceptors (Lipinski definition) is 5. The molecule has 4 aromatic rings. The van der Waals surface area contributed by atoms with Crippen LogP contribution < -0.4 is 5.32 Å². The number of nitrogens with zero attached hydrogens (tertiary/aromatic N) is 4. The minimum atomic E-state index is 0.294. The van der Waals surface area contributed by atoms with E-state index in [1.54, 1.807) is 0 Å². The van der Waals surface area contributed by atoms with Crippen molar-refractivity contribution in [1.29, 1.82) is 0 Å². The van der Waals surface area contributed by atoms with E-state index in [0.29, 0.717) is 11.9 Å². The topological polar surface area (TPSA) is 44.3 Å². The number of aromatic nitrogens is 2. The average molecular weight is 555 g/mol. The van der Waals surface area contributed by atoms with Crippen LogP contribution in [0.1, 0.15) is 28.2 Å². The van der Waals surface area contributed by atoms with Gasteiger partial charge in [-0.2, -0.15) is 0 Å². The summed E-state index contributed by atoms with van der Waals surface area (Å²) >= 11 is 3.64. The van der Waals surface area contributed by atoms with E-state index in [-0.39, 0.29) is 0 Å². The Balaban J connectivity index is 1.17. The van der Waals surface area contributed by atoms with Gasteiger partial charge in [0.1, 0.15) is 0 Å². The minimum Gasteiger partial charge on any atom is -0.324 e. The summed E-state index contributed by atoms with van der Waals surface area (Å²) in [6.45, 7) is 5.78. The van der Waals surface area contributed by atoms with Crippen molar-refractivity contribution in [1.82, 2.24) is 19.8 Å². The van der Waals surface area contributed by atoms with Crippen LogP contribution in [0.2, 0.25) is 0 Å². The highest BCUT2D eigenvalue weighted by atomic mass is 79.9. The molecule has 2 aliphatic rings. The highest BCUT2D eigenvalue weighted by molar-refractivity contribution is 9.10. The van der Waals surface area contributed by atoms with Crippen LogP contribution in [0.5, 0.6) is 0 Å². The number of benzene rings is 3. The summed E-state index contributed by atoms with van der Waals surface area (Å²) in [5.41, 5.74) is 8.42. The molecular weight excluding hydrogens is 522 g/mol. The van der Waals surface area contributed by atoms with E-state index >= 15 is 0 Å². The Morgan fingerprint density at radius 2 is 1.76 bits per heavy atom. The van der Waals surface area contributed by atoms with Gasteiger partial charge in [-0.15, -0.1) is 0 Å². The molecule has 188 valence electrons. The van der Waals surface area contributed by atoms with Crippen LogP contribution in [0.15, 0.2) is 83.5 Å². The fourth-order valence-electron chi connectivity index (χ4n) is 5.46. The quantitative estimate of drug-likeness (QED) is 0.311. The van der Waals surface area contributed by atoms with Gasteiger partial charge >= 0.3 is 0 Å². The smallest absolute Gasteiger partial charge is 0.227 e. The molecule has 0 spiro atoms. The molecule has 2 heterocycles. The minimum absolute atomic E-state index is 0.294. The second-order valence-electron chi connectivity index (χ2n) is 10.2. The van der Waals surface area contributed by atoms with Gasteiger partial charge in [-0.25, -0.2) is 9.97 Å². The molecule has 1 aliphatic heterocycles. The number of rotatable bonds is 6. The van der Waals surface area contributed by atoms with Crippen molar-refractivity contribution >= 4 is 27.6 Å². The molecule has 0 bridgehead atoms. The maximum atomic E-state index is 4.98. The van der Waals surface area contributed by atoms with E-state index in [0.717, 1.165) is 35.2 Å². The predicted octanol–water partition coefficient (Wildman–Crippen LogP) is 6.13. The molecule has 1 fully saturated rings. The van der Waals surface area contributed by atoms with Crippen LogP contribution in [0.25, 0.3) is 11.3 Å². The van der Waals surface area contributed by atoms with Crippen molar-refractivity contribution in [2.75, 3.05) is 45.1 Å². The third-order valence-electron chi connectivity index (χ3n) is 7.65. The van der Waals surface area contributed by atoms with Gasteiger partial charge in [0.25, 0.3) is 0 Å². The number of anilines is 2. The van der Waals surface area contributed by atoms with Crippen molar-refractivity contribution in [3.8, 4) is 11.3 Å². The molecule has 1 atom stereocenters. The molecule has 1 saturated heterocycles. The van der Waals surface area contributed by atoms with Gasteiger partial charge in [-0.3, -0.25) is 0 Å². The van der Waals surface area contributed by atoms with E-state index in [1.807, 2.05) is 6.20 Å². The summed E-state index contributed by atoms with van der Waals surface area (Å²) in [7, 11) is 2.20. The summed E-state index contributed by atoms with van der Waals surface area (Å²) in [4.78, 5) is 14.6. The van der Waals surface area contributed by atoms with Gasteiger partial charge in [-0.05, 0) is 66.4 Å². The first kappa shape index (κ1) is 24.3. The maximum absolute atomic E-state index is 4.98. The zero-order valence-electron chi connectivity index (χ0n) is 21.2. The highest BCUT2D eigenvalue weighted by Gasteiger charge is 2.27. The molecule has 3 aromatic carbocycles. The van der Waals surface area contributed by atoms with E-state index in [9.17, 15) is 0 Å². The summed E-state index contributed by atoms with van der Waals surface area (Å²) in [6, 6.07) is 26.0. The van der Waals surface area contributed by atoms with Crippen LogP contribution in [0, 0.1) is 0 Å². The Hall–Kier alpha value is -3.06. The molecule has 37 heavy (non-hydrogen) atoms. The molecule has 6 rings (SSSR count). The standard InChI is InChI=1S/C31H32BrN5/c1-36-15-17-37(18-16-36)14-13-22-9-11-26(12-10-22)34-31-33-21-24-20-29(23-5-4-6-25(32)19-23)27-7-2-3-8-28(27)30(24)35-31/h2-12,19,21,29H,13-18,20H2,1H3,(H,33,34,35). The van der Waals surface area contributed by atoms with Crippen LogP contribution in [-0.2, 0) is 12.8 Å². The van der Waals surface area contributed by atoms with E-state index in [4.69, 9.17) is 4.98 Å². The predicted molar refractivity (Wildman–Crippen MR) is 155 cm³/mol. The molecule has 1 N–H and O–H groups in total. The van der Waals surface area contributed by atoms with Crippen molar-refractivity contribution < 1.29 is 0 Å². The Bertz CT molecular complexity index is 1380. The SMILES string of the molecule is CN1CCN(CCc2ccc(Nc3ncc4c(n3)-c3ccccc3C(c3cccc(Br)c3)C4)cc2)CC1. The van der Waals surface area contributed by atoms with Crippen molar-refractivity contribution in [3.63, 3.8) is 0 Å². The monoisotopic (exact) mass is 553 g/mol. The summed E-state index contributed by atoms with van der Waals surface area (Å²) in [5.74, 6) is 0.932. The lowest BCUT2D eigenvalue weighted by Crippen LogP contribution is -2.45. The van der Waals surface area contributed by atoms with Gasteiger partial charge in [0.15, 0.2) is 0 Å². The molecule has 0 saturated carbocycles.